The number of aromatic nitrogens is 2. The summed E-state index contributed by atoms with van der Waals surface area (Å²) in [6, 6.07) is 13.9. The van der Waals surface area contributed by atoms with E-state index in [1.54, 1.807) is 10.6 Å². The maximum Gasteiger partial charge on any atom is 0.262 e. The first kappa shape index (κ1) is 23.1. The molecule has 5 rings (SSSR count). The number of fused-ring (bicyclic) bond motifs is 2. The molecule has 1 amide bonds. The number of thioether (sulfide) groups is 1. The molecule has 2 heterocycles. The van der Waals surface area contributed by atoms with Crippen molar-refractivity contribution in [3.05, 3.63) is 69.5 Å². The van der Waals surface area contributed by atoms with Crippen molar-refractivity contribution in [3.8, 4) is 0 Å². The lowest BCUT2D eigenvalue weighted by Gasteiger charge is -2.20. The minimum atomic E-state index is -0.0774. The lowest BCUT2D eigenvalue weighted by atomic mass is 9.89. The zero-order valence-electron chi connectivity index (χ0n) is 19.6. The smallest absolute Gasteiger partial charge is 0.262 e. The van der Waals surface area contributed by atoms with E-state index in [1.165, 1.54) is 35.7 Å². The number of hydrogen-bond acceptors (Lipinski definition) is 5. The number of hydrogen-bond donors (Lipinski definition) is 1. The Labute approximate surface area is 204 Å². The molecule has 1 aliphatic carbocycles. The number of benzene rings is 2. The average Bonchev–Trinajstić information content (AvgIpc) is 3.38. The van der Waals surface area contributed by atoms with Gasteiger partial charge in [-0.15, -0.1) is 0 Å². The number of carbonyl (C=O) groups is 1. The van der Waals surface area contributed by atoms with Crippen LogP contribution in [0.5, 0.6) is 0 Å². The fourth-order valence-corrected chi connectivity index (χ4v) is 5.75. The van der Waals surface area contributed by atoms with Gasteiger partial charge in [0.15, 0.2) is 5.16 Å². The predicted molar refractivity (Wildman–Crippen MR) is 135 cm³/mol. The van der Waals surface area contributed by atoms with E-state index in [1.807, 2.05) is 25.1 Å². The lowest BCUT2D eigenvalue weighted by molar-refractivity contribution is -0.119. The third kappa shape index (κ3) is 5.05. The molecule has 178 valence electrons. The van der Waals surface area contributed by atoms with Crippen molar-refractivity contribution >= 4 is 28.6 Å². The average molecular weight is 478 g/mol. The van der Waals surface area contributed by atoms with Gasteiger partial charge in [0, 0.05) is 6.61 Å². The van der Waals surface area contributed by atoms with Gasteiger partial charge in [-0.1, -0.05) is 42.1 Å². The molecule has 0 radical (unpaired) electrons. The maximum absolute atomic E-state index is 13.2. The molecule has 1 aromatic heterocycles. The van der Waals surface area contributed by atoms with Crippen molar-refractivity contribution in [2.24, 2.45) is 0 Å². The highest BCUT2D eigenvalue weighted by atomic mass is 32.2. The Morgan fingerprint density at radius 2 is 2.00 bits per heavy atom. The number of nitrogens with one attached hydrogen (secondary N) is 1. The minimum Gasteiger partial charge on any atom is -0.376 e. The van der Waals surface area contributed by atoms with Gasteiger partial charge < -0.3 is 10.1 Å². The number of nitrogens with zero attached hydrogens (tertiary/aromatic N) is 2. The van der Waals surface area contributed by atoms with Crippen LogP contribution in [-0.2, 0) is 28.9 Å². The topological polar surface area (TPSA) is 73.2 Å². The van der Waals surface area contributed by atoms with E-state index >= 15 is 0 Å². The second-order valence-corrected chi connectivity index (χ2v) is 10.2. The summed E-state index contributed by atoms with van der Waals surface area (Å²) in [5.41, 5.74) is 4.57. The molecule has 1 saturated heterocycles. The Balaban J connectivity index is 1.30. The zero-order chi connectivity index (χ0) is 23.5. The first-order valence-corrected chi connectivity index (χ1v) is 13.2. The molecular formula is C27H31N3O3S. The van der Waals surface area contributed by atoms with Crippen LogP contribution in [-0.4, -0.2) is 33.9 Å². The van der Waals surface area contributed by atoms with Gasteiger partial charge in [0.2, 0.25) is 5.91 Å². The Bertz CT molecular complexity index is 1250. The van der Waals surface area contributed by atoms with Gasteiger partial charge in [0.1, 0.15) is 0 Å². The number of aryl methyl sites for hydroxylation is 2. The number of carbonyl (C=O) groups excluding carboxylic acids is 1. The molecule has 2 atom stereocenters. The molecule has 0 bridgehead atoms. The number of amides is 1. The summed E-state index contributed by atoms with van der Waals surface area (Å²) in [6.07, 6.45) is 6.72. The van der Waals surface area contributed by atoms with Crippen LogP contribution in [0.2, 0.25) is 0 Å². The Morgan fingerprint density at radius 1 is 1.18 bits per heavy atom. The maximum atomic E-state index is 13.2. The van der Waals surface area contributed by atoms with Gasteiger partial charge in [0.25, 0.3) is 5.56 Å². The fourth-order valence-electron chi connectivity index (χ4n) is 4.93. The van der Waals surface area contributed by atoms with Crippen molar-refractivity contribution in [1.29, 1.82) is 0 Å². The molecule has 0 unspecified atom stereocenters. The van der Waals surface area contributed by atoms with Crippen molar-refractivity contribution in [2.45, 2.75) is 69.3 Å². The Kier molecular flexibility index (Phi) is 7.02. The van der Waals surface area contributed by atoms with E-state index in [0.717, 1.165) is 37.9 Å². The van der Waals surface area contributed by atoms with Crippen LogP contribution in [0.15, 0.2) is 52.4 Å². The Hall–Kier alpha value is -2.64. The molecular weight excluding hydrogens is 446 g/mol. The number of para-hydroxylation sites is 1. The molecule has 0 spiro atoms. The molecule has 1 aliphatic heterocycles. The van der Waals surface area contributed by atoms with Crippen molar-refractivity contribution in [3.63, 3.8) is 0 Å². The summed E-state index contributed by atoms with van der Waals surface area (Å²) in [6.45, 7) is 3.22. The van der Waals surface area contributed by atoms with Gasteiger partial charge in [0.05, 0.1) is 35.3 Å². The minimum absolute atomic E-state index is 0.0119. The quantitative estimate of drug-likeness (QED) is 0.403. The molecule has 1 fully saturated rings. The monoisotopic (exact) mass is 477 g/mol. The first-order valence-electron chi connectivity index (χ1n) is 12.2. The molecule has 3 aromatic rings. The van der Waals surface area contributed by atoms with Crippen LogP contribution in [0.3, 0.4) is 0 Å². The van der Waals surface area contributed by atoms with E-state index in [-0.39, 0.29) is 29.4 Å². The second kappa shape index (κ2) is 10.3. The van der Waals surface area contributed by atoms with Crippen LogP contribution in [0.1, 0.15) is 55.3 Å². The molecule has 0 saturated carbocycles. The van der Waals surface area contributed by atoms with Crippen LogP contribution < -0.4 is 10.9 Å². The van der Waals surface area contributed by atoms with E-state index in [9.17, 15) is 9.59 Å². The van der Waals surface area contributed by atoms with Gasteiger partial charge in [-0.2, -0.15) is 0 Å². The highest BCUT2D eigenvalue weighted by Gasteiger charge is 2.21. The van der Waals surface area contributed by atoms with Crippen LogP contribution >= 0.6 is 11.8 Å². The van der Waals surface area contributed by atoms with E-state index in [0.29, 0.717) is 22.6 Å². The number of rotatable bonds is 7. The van der Waals surface area contributed by atoms with Crippen molar-refractivity contribution in [1.82, 2.24) is 14.9 Å². The standard InChI is InChI=1S/C27H31N3O3S/c1-18(20-13-12-19-7-2-3-8-21(19)15-20)28-25(31)17-34-27-29-24-11-5-4-10-23(24)26(32)30(27)16-22-9-6-14-33-22/h4-5,10-13,15,18,22H,2-3,6-9,14,16-17H2,1H3,(H,28,31)/t18-,22-/m0/s1. The molecule has 7 heteroatoms. The SMILES string of the molecule is C[C@H](NC(=O)CSc1nc2ccccc2c(=O)n1C[C@@H]1CCCO1)c1ccc2c(c1)CCCC2. The lowest BCUT2D eigenvalue weighted by Crippen LogP contribution is -2.31. The highest BCUT2D eigenvalue weighted by molar-refractivity contribution is 7.99. The summed E-state index contributed by atoms with van der Waals surface area (Å²) < 4.78 is 7.45. The van der Waals surface area contributed by atoms with Crippen LogP contribution in [0.25, 0.3) is 10.9 Å². The number of ether oxygens (including phenoxy) is 1. The summed E-state index contributed by atoms with van der Waals surface area (Å²) in [5.74, 6) is 0.132. The molecule has 1 N–H and O–H groups in total. The summed E-state index contributed by atoms with van der Waals surface area (Å²) >= 11 is 1.31. The highest BCUT2D eigenvalue weighted by Crippen LogP contribution is 2.25. The van der Waals surface area contributed by atoms with Gasteiger partial charge >= 0.3 is 0 Å². The van der Waals surface area contributed by atoms with E-state index in [2.05, 4.69) is 23.5 Å². The van der Waals surface area contributed by atoms with Crippen molar-refractivity contribution < 1.29 is 9.53 Å². The second-order valence-electron chi connectivity index (χ2n) is 9.28. The summed E-state index contributed by atoms with van der Waals surface area (Å²) in [4.78, 5) is 30.8. The zero-order valence-corrected chi connectivity index (χ0v) is 20.4. The molecule has 6 nitrogen and oxygen atoms in total. The van der Waals surface area contributed by atoms with Gasteiger partial charge in [-0.3, -0.25) is 14.2 Å². The van der Waals surface area contributed by atoms with Gasteiger partial charge in [-0.05, 0) is 74.3 Å². The first-order chi connectivity index (χ1) is 16.6. The predicted octanol–water partition coefficient (Wildman–Crippen LogP) is 4.42. The third-order valence-corrected chi connectivity index (χ3v) is 7.80. The van der Waals surface area contributed by atoms with Crippen LogP contribution in [0.4, 0.5) is 0 Å². The van der Waals surface area contributed by atoms with E-state index < -0.39 is 0 Å². The van der Waals surface area contributed by atoms with Gasteiger partial charge in [-0.25, -0.2) is 4.98 Å². The molecule has 2 aromatic carbocycles. The Morgan fingerprint density at radius 3 is 2.82 bits per heavy atom. The molecule has 34 heavy (non-hydrogen) atoms. The van der Waals surface area contributed by atoms with Crippen LogP contribution in [0, 0.1) is 0 Å². The summed E-state index contributed by atoms with van der Waals surface area (Å²) in [7, 11) is 0. The normalized spacial score (nSPS) is 18.6. The fraction of sp³-hybridized carbons (Fsp3) is 0.444. The summed E-state index contributed by atoms with van der Waals surface area (Å²) in [5, 5.41) is 4.28. The third-order valence-electron chi connectivity index (χ3n) is 6.82. The largest absolute Gasteiger partial charge is 0.376 e. The molecule has 2 aliphatic rings. The van der Waals surface area contributed by atoms with E-state index in [4.69, 9.17) is 9.72 Å². The van der Waals surface area contributed by atoms with Crippen molar-refractivity contribution in [2.75, 3.05) is 12.4 Å².